The molecule has 88 valence electrons. The Morgan fingerprint density at radius 1 is 1.38 bits per heavy atom. The van der Waals surface area contributed by atoms with Gasteiger partial charge < -0.3 is 0 Å². The maximum Gasteiger partial charge on any atom is 0.136 e. The number of hydrogen-bond acceptors (Lipinski definition) is 1. The zero-order chi connectivity index (χ0) is 11.5. The maximum absolute atomic E-state index is 13.1. The third-order valence-electron chi connectivity index (χ3n) is 3.36. The molecule has 1 aliphatic rings. The highest BCUT2D eigenvalue weighted by molar-refractivity contribution is 14.1. The molecule has 2 rings (SSSR count). The summed E-state index contributed by atoms with van der Waals surface area (Å²) in [6.45, 7) is 0.931. The predicted octanol–water partition coefficient (Wildman–Crippen LogP) is 3.80. The standard InChI is InChI=1S/C13H17FIN/c1-16(11-4-2-3-5-11)9-10-6-7-12(14)13(15)8-10/h6-8,11H,2-5,9H2,1H3. The highest BCUT2D eigenvalue weighted by atomic mass is 127. The Balaban J connectivity index is 1.99. The first-order valence-electron chi connectivity index (χ1n) is 5.81. The van der Waals surface area contributed by atoms with Gasteiger partial charge in [0.05, 0.1) is 0 Å². The molecule has 16 heavy (non-hydrogen) atoms. The third-order valence-corrected chi connectivity index (χ3v) is 4.19. The predicted molar refractivity (Wildman–Crippen MR) is 72.8 cm³/mol. The van der Waals surface area contributed by atoms with E-state index >= 15 is 0 Å². The lowest BCUT2D eigenvalue weighted by Crippen LogP contribution is -2.28. The van der Waals surface area contributed by atoms with Gasteiger partial charge in [0.2, 0.25) is 0 Å². The van der Waals surface area contributed by atoms with E-state index in [0.29, 0.717) is 0 Å². The molecule has 0 N–H and O–H groups in total. The minimum Gasteiger partial charge on any atom is -0.299 e. The lowest BCUT2D eigenvalue weighted by atomic mass is 10.1. The first-order chi connectivity index (χ1) is 7.66. The highest BCUT2D eigenvalue weighted by Crippen LogP contribution is 2.24. The van der Waals surface area contributed by atoms with Gasteiger partial charge in [-0.05, 0) is 60.2 Å². The number of halogens is 2. The van der Waals surface area contributed by atoms with E-state index in [4.69, 9.17) is 0 Å². The van der Waals surface area contributed by atoms with Gasteiger partial charge in [0, 0.05) is 16.2 Å². The lowest BCUT2D eigenvalue weighted by molar-refractivity contribution is 0.237. The van der Waals surface area contributed by atoms with Crippen LogP contribution in [0.4, 0.5) is 4.39 Å². The van der Waals surface area contributed by atoms with E-state index < -0.39 is 0 Å². The molecule has 0 aromatic heterocycles. The van der Waals surface area contributed by atoms with Crippen LogP contribution in [0.15, 0.2) is 18.2 Å². The fourth-order valence-electron chi connectivity index (χ4n) is 2.40. The summed E-state index contributed by atoms with van der Waals surface area (Å²) in [6, 6.07) is 6.13. The van der Waals surface area contributed by atoms with Crippen molar-refractivity contribution in [3.05, 3.63) is 33.1 Å². The second-order valence-electron chi connectivity index (χ2n) is 4.60. The molecule has 1 saturated carbocycles. The van der Waals surface area contributed by atoms with Crippen molar-refractivity contribution < 1.29 is 4.39 Å². The van der Waals surface area contributed by atoms with Gasteiger partial charge in [0.25, 0.3) is 0 Å². The molecule has 1 aliphatic carbocycles. The molecule has 1 nitrogen and oxygen atoms in total. The average Bonchev–Trinajstić information content (AvgIpc) is 2.77. The fraction of sp³-hybridized carbons (Fsp3) is 0.538. The van der Waals surface area contributed by atoms with Gasteiger partial charge in [-0.15, -0.1) is 0 Å². The summed E-state index contributed by atoms with van der Waals surface area (Å²) in [4.78, 5) is 2.40. The van der Waals surface area contributed by atoms with Crippen molar-refractivity contribution in [2.24, 2.45) is 0 Å². The van der Waals surface area contributed by atoms with E-state index in [0.717, 1.165) is 16.2 Å². The Morgan fingerprint density at radius 3 is 2.69 bits per heavy atom. The minimum absolute atomic E-state index is 0.118. The van der Waals surface area contributed by atoms with E-state index in [2.05, 4.69) is 34.5 Å². The summed E-state index contributed by atoms with van der Waals surface area (Å²) < 4.78 is 13.8. The molecule has 1 aromatic carbocycles. The molecule has 0 spiro atoms. The molecule has 1 fully saturated rings. The first kappa shape index (κ1) is 12.3. The Hall–Kier alpha value is -0.160. The molecule has 0 aliphatic heterocycles. The molecule has 0 atom stereocenters. The van der Waals surface area contributed by atoms with Gasteiger partial charge in [-0.3, -0.25) is 4.90 Å². The topological polar surface area (TPSA) is 3.24 Å². The molecule has 0 heterocycles. The number of benzene rings is 1. The molecular formula is C13H17FIN. The third kappa shape index (κ3) is 2.94. The smallest absolute Gasteiger partial charge is 0.136 e. The molecular weight excluding hydrogens is 316 g/mol. The zero-order valence-electron chi connectivity index (χ0n) is 9.55. The summed E-state index contributed by atoms with van der Waals surface area (Å²) in [5.74, 6) is -0.118. The molecule has 0 radical (unpaired) electrons. The Labute approximate surface area is 110 Å². The summed E-state index contributed by atoms with van der Waals surface area (Å²) in [6.07, 6.45) is 5.34. The molecule has 0 bridgehead atoms. The average molecular weight is 333 g/mol. The van der Waals surface area contributed by atoms with Crippen LogP contribution in [0, 0.1) is 9.39 Å². The SMILES string of the molecule is CN(Cc1ccc(F)c(I)c1)C1CCCC1. The van der Waals surface area contributed by atoms with Gasteiger partial charge >= 0.3 is 0 Å². The summed E-state index contributed by atoms with van der Waals surface area (Å²) >= 11 is 2.05. The van der Waals surface area contributed by atoms with Crippen LogP contribution in [-0.4, -0.2) is 18.0 Å². The van der Waals surface area contributed by atoms with E-state index in [9.17, 15) is 4.39 Å². The van der Waals surface area contributed by atoms with Gasteiger partial charge in [-0.1, -0.05) is 18.9 Å². The van der Waals surface area contributed by atoms with Crippen LogP contribution in [0.3, 0.4) is 0 Å². The fourth-order valence-corrected chi connectivity index (χ4v) is 2.98. The second-order valence-corrected chi connectivity index (χ2v) is 5.76. The van der Waals surface area contributed by atoms with Crippen molar-refractivity contribution in [1.82, 2.24) is 4.90 Å². The van der Waals surface area contributed by atoms with Crippen molar-refractivity contribution in [2.75, 3.05) is 7.05 Å². The molecule has 1 aromatic rings. The van der Waals surface area contributed by atoms with Crippen LogP contribution in [0.2, 0.25) is 0 Å². The van der Waals surface area contributed by atoms with E-state index in [-0.39, 0.29) is 5.82 Å². The quantitative estimate of drug-likeness (QED) is 0.761. The number of nitrogens with zero attached hydrogens (tertiary/aromatic N) is 1. The largest absolute Gasteiger partial charge is 0.299 e. The Morgan fingerprint density at radius 2 is 2.06 bits per heavy atom. The first-order valence-corrected chi connectivity index (χ1v) is 6.89. The van der Waals surface area contributed by atoms with Crippen molar-refractivity contribution >= 4 is 22.6 Å². The lowest BCUT2D eigenvalue weighted by Gasteiger charge is -2.24. The molecule has 0 unspecified atom stereocenters. The van der Waals surface area contributed by atoms with Crippen LogP contribution >= 0.6 is 22.6 Å². The van der Waals surface area contributed by atoms with Crippen molar-refractivity contribution in [3.63, 3.8) is 0 Å². The normalized spacial score (nSPS) is 17.2. The van der Waals surface area contributed by atoms with E-state index in [1.165, 1.54) is 31.2 Å². The van der Waals surface area contributed by atoms with Crippen molar-refractivity contribution in [3.8, 4) is 0 Å². The maximum atomic E-state index is 13.1. The zero-order valence-corrected chi connectivity index (χ0v) is 11.7. The summed E-state index contributed by atoms with van der Waals surface area (Å²) in [5.41, 5.74) is 1.21. The summed E-state index contributed by atoms with van der Waals surface area (Å²) in [7, 11) is 2.17. The van der Waals surface area contributed by atoms with Crippen LogP contribution in [0.1, 0.15) is 31.2 Å². The Bertz CT molecular complexity index is 361. The number of rotatable bonds is 3. The van der Waals surface area contributed by atoms with Gasteiger partial charge in [-0.25, -0.2) is 4.39 Å². The van der Waals surface area contributed by atoms with Gasteiger partial charge in [0.15, 0.2) is 0 Å². The van der Waals surface area contributed by atoms with E-state index in [1.807, 2.05) is 12.1 Å². The number of hydrogen-bond donors (Lipinski definition) is 0. The minimum atomic E-state index is -0.118. The van der Waals surface area contributed by atoms with Crippen LogP contribution in [0.25, 0.3) is 0 Å². The Kier molecular flexibility index (Phi) is 4.19. The van der Waals surface area contributed by atoms with Gasteiger partial charge in [-0.2, -0.15) is 0 Å². The van der Waals surface area contributed by atoms with E-state index in [1.54, 1.807) is 6.07 Å². The van der Waals surface area contributed by atoms with Gasteiger partial charge in [0.1, 0.15) is 5.82 Å². The van der Waals surface area contributed by atoms with Crippen LogP contribution < -0.4 is 0 Å². The van der Waals surface area contributed by atoms with Crippen molar-refractivity contribution in [2.45, 2.75) is 38.3 Å². The highest BCUT2D eigenvalue weighted by Gasteiger charge is 2.19. The van der Waals surface area contributed by atoms with Crippen LogP contribution in [0.5, 0.6) is 0 Å². The molecule has 0 amide bonds. The van der Waals surface area contributed by atoms with Crippen LogP contribution in [-0.2, 0) is 6.54 Å². The van der Waals surface area contributed by atoms with Crippen molar-refractivity contribution in [1.29, 1.82) is 0 Å². The molecule has 0 saturated heterocycles. The second kappa shape index (κ2) is 5.45. The summed E-state index contributed by atoms with van der Waals surface area (Å²) in [5, 5.41) is 0. The molecule has 3 heteroatoms. The monoisotopic (exact) mass is 333 g/mol.